The quantitative estimate of drug-likeness (QED) is 0.612. The largest absolute Gasteiger partial charge is 0.458 e. The molecule has 1 amide bonds. The molecule has 0 atom stereocenters. The Morgan fingerprint density at radius 3 is 3.00 bits per heavy atom. The number of carbonyl (C=O) groups is 2. The molecule has 4 nitrogen and oxygen atoms in total. The van der Waals surface area contributed by atoms with Gasteiger partial charge in [0.2, 0.25) is 5.91 Å². The molecule has 0 saturated carbocycles. The summed E-state index contributed by atoms with van der Waals surface area (Å²) in [7, 11) is 0. The minimum Gasteiger partial charge on any atom is -0.458 e. The summed E-state index contributed by atoms with van der Waals surface area (Å²) in [6.07, 6.45) is 5.17. The van der Waals surface area contributed by atoms with Crippen LogP contribution in [0.15, 0.2) is 36.4 Å². The lowest BCUT2D eigenvalue weighted by molar-refractivity contribution is -0.128. The van der Waals surface area contributed by atoms with Crippen LogP contribution in [-0.4, -0.2) is 29.9 Å². The van der Waals surface area contributed by atoms with Crippen LogP contribution in [0.4, 0.5) is 0 Å². The van der Waals surface area contributed by atoms with Gasteiger partial charge in [-0.3, -0.25) is 4.79 Å². The van der Waals surface area contributed by atoms with Gasteiger partial charge in [0, 0.05) is 19.5 Å². The molecular formula is C16H19NO3. The Hall–Kier alpha value is -2.10. The predicted octanol–water partition coefficient (Wildman–Crippen LogP) is 2.54. The highest BCUT2D eigenvalue weighted by Crippen LogP contribution is 2.15. The monoisotopic (exact) mass is 273 g/mol. The van der Waals surface area contributed by atoms with E-state index in [1.165, 1.54) is 0 Å². The first kappa shape index (κ1) is 14.3. The summed E-state index contributed by atoms with van der Waals surface area (Å²) in [6.45, 7) is 3.52. The number of likely N-dealkylation sites (tertiary alicyclic amines) is 1. The van der Waals surface area contributed by atoms with Crippen molar-refractivity contribution in [3.05, 3.63) is 47.5 Å². The van der Waals surface area contributed by atoms with E-state index in [0.717, 1.165) is 18.5 Å². The molecule has 0 bridgehead atoms. The Bertz CT molecular complexity index is 522. The summed E-state index contributed by atoms with van der Waals surface area (Å²) in [6, 6.07) is 7.27. The van der Waals surface area contributed by atoms with Crippen molar-refractivity contribution in [3.8, 4) is 0 Å². The molecule has 4 heteroatoms. The van der Waals surface area contributed by atoms with Crippen LogP contribution in [0.1, 0.15) is 35.7 Å². The highest BCUT2D eigenvalue weighted by atomic mass is 16.5. The van der Waals surface area contributed by atoms with Gasteiger partial charge in [0.25, 0.3) is 0 Å². The summed E-state index contributed by atoms with van der Waals surface area (Å²) in [4.78, 5) is 25.3. The number of esters is 1. The highest BCUT2D eigenvalue weighted by molar-refractivity contribution is 5.89. The van der Waals surface area contributed by atoms with E-state index >= 15 is 0 Å². The number of nitrogens with zero attached hydrogens (tertiary/aromatic N) is 1. The van der Waals surface area contributed by atoms with E-state index < -0.39 is 0 Å². The third kappa shape index (κ3) is 3.70. The SMILES string of the molecule is C/C=C/COC(=O)c1cccc(CN2CCCC2=O)c1. The molecular weight excluding hydrogens is 254 g/mol. The molecule has 1 heterocycles. The number of rotatable bonds is 5. The van der Waals surface area contributed by atoms with Gasteiger partial charge in [-0.15, -0.1) is 0 Å². The smallest absolute Gasteiger partial charge is 0.338 e. The van der Waals surface area contributed by atoms with E-state index in [1.807, 2.05) is 30.0 Å². The lowest BCUT2D eigenvalue weighted by Gasteiger charge is -2.15. The average molecular weight is 273 g/mol. The molecule has 0 aliphatic carbocycles. The number of allylic oxidation sites excluding steroid dienone is 1. The van der Waals surface area contributed by atoms with Gasteiger partial charge in [-0.2, -0.15) is 0 Å². The fourth-order valence-corrected chi connectivity index (χ4v) is 2.19. The van der Waals surface area contributed by atoms with Crippen molar-refractivity contribution in [2.24, 2.45) is 0 Å². The summed E-state index contributed by atoms with van der Waals surface area (Å²) in [5, 5.41) is 0. The van der Waals surface area contributed by atoms with Gasteiger partial charge in [0.1, 0.15) is 6.61 Å². The van der Waals surface area contributed by atoms with E-state index in [4.69, 9.17) is 4.74 Å². The second kappa shape index (κ2) is 6.89. The van der Waals surface area contributed by atoms with Gasteiger partial charge in [0.15, 0.2) is 0 Å². The summed E-state index contributed by atoms with van der Waals surface area (Å²) in [5.41, 5.74) is 1.49. The molecule has 1 aliphatic heterocycles. The number of benzene rings is 1. The average Bonchev–Trinajstić information content (AvgIpc) is 2.85. The first-order chi connectivity index (χ1) is 9.70. The van der Waals surface area contributed by atoms with Crippen molar-refractivity contribution < 1.29 is 14.3 Å². The van der Waals surface area contributed by atoms with E-state index in [-0.39, 0.29) is 18.5 Å². The lowest BCUT2D eigenvalue weighted by Crippen LogP contribution is -2.23. The molecule has 1 aromatic rings. The zero-order valence-corrected chi connectivity index (χ0v) is 11.7. The van der Waals surface area contributed by atoms with Crippen molar-refractivity contribution in [2.75, 3.05) is 13.2 Å². The topological polar surface area (TPSA) is 46.6 Å². The summed E-state index contributed by atoms with van der Waals surface area (Å²) < 4.78 is 5.11. The van der Waals surface area contributed by atoms with Crippen LogP contribution in [0.25, 0.3) is 0 Å². The molecule has 0 N–H and O–H groups in total. The normalized spacial score (nSPS) is 15.1. The van der Waals surface area contributed by atoms with Crippen LogP contribution < -0.4 is 0 Å². The molecule has 20 heavy (non-hydrogen) atoms. The summed E-state index contributed by atoms with van der Waals surface area (Å²) in [5.74, 6) is -0.149. The van der Waals surface area contributed by atoms with Gasteiger partial charge in [-0.1, -0.05) is 24.3 Å². The van der Waals surface area contributed by atoms with Crippen molar-refractivity contribution in [1.82, 2.24) is 4.90 Å². The predicted molar refractivity (Wildman–Crippen MR) is 76.2 cm³/mol. The molecule has 0 aromatic heterocycles. The van der Waals surface area contributed by atoms with Crippen LogP contribution in [0.2, 0.25) is 0 Å². The third-order valence-electron chi connectivity index (χ3n) is 3.25. The minimum atomic E-state index is -0.335. The van der Waals surface area contributed by atoms with Crippen molar-refractivity contribution in [1.29, 1.82) is 0 Å². The van der Waals surface area contributed by atoms with Crippen LogP contribution in [0, 0.1) is 0 Å². The fourth-order valence-electron chi connectivity index (χ4n) is 2.19. The number of carbonyl (C=O) groups excluding carboxylic acids is 2. The zero-order chi connectivity index (χ0) is 14.4. The number of hydrogen-bond donors (Lipinski definition) is 0. The molecule has 1 aromatic carbocycles. The highest BCUT2D eigenvalue weighted by Gasteiger charge is 2.20. The number of amides is 1. The van der Waals surface area contributed by atoms with Crippen LogP contribution in [-0.2, 0) is 16.1 Å². The van der Waals surface area contributed by atoms with Crippen molar-refractivity contribution in [2.45, 2.75) is 26.3 Å². The Kier molecular flexibility index (Phi) is 4.93. The molecule has 0 spiro atoms. The summed E-state index contributed by atoms with van der Waals surface area (Å²) >= 11 is 0. The molecule has 0 radical (unpaired) electrons. The first-order valence-corrected chi connectivity index (χ1v) is 6.85. The maximum atomic E-state index is 11.8. The van der Waals surface area contributed by atoms with Gasteiger partial charge < -0.3 is 9.64 Å². The van der Waals surface area contributed by atoms with Gasteiger partial charge in [0.05, 0.1) is 5.56 Å². The number of ether oxygens (including phenoxy) is 1. The fraction of sp³-hybridized carbons (Fsp3) is 0.375. The second-order valence-corrected chi connectivity index (χ2v) is 4.79. The van der Waals surface area contributed by atoms with Crippen LogP contribution in [0.5, 0.6) is 0 Å². The molecule has 1 fully saturated rings. The van der Waals surface area contributed by atoms with Gasteiger partial charge in [-0.05, 0) is 31.0 Å². The van der Waals surface area contributed by atoms with Gasteiger partial charge >= 0.3 is 5.97 Å². The van der Waals surface area contributed by atoms with E-state index in [0.29, 0.717) is 18.5 Å². The third-order valence-corrected chi connectivity index (χ3v) is 3.25. The maximum absolute atomic E-state index is 11.8. The lowest BCUT2D eigenvalue weighted by atomic mass is 10.1. The van der Waals surface area contributed by atoms with E-state index in [1.54, 1.807) is 18.2 Å². The first-order valence-electron chi connectivity index (χ1n) is 6.85. The molecule has 2 rings (SSSR count). The molecule has 0 unspecified atom stereocenters. The minimum absolute atomic E-state index is 0.186. The van der Waals surface area contributed by atoms with E-state index in [9.17, 15) is 9.59 Å². The van der Waals surface area contributed by atoms with Crippen LogP contribution in [0.3, 0.4) is 0 Å². The Balaban J connectivity index is 2.00. The van der Waals surface area contributed by atoms with Gasteiger partial charge in [-0.25, -0.2) is 4.79 Å². The maximum Gasteiger partial charge on any atom is 0.338 e. The standard InChI is InChI=1S/C16H19NO3/c1-2-3-10-20-16(19)14-7-4-6-13(11-14)12-17-9-5-8-15(17)18/h2-4,6-7,11H,5,8-10,12H2,1H3/b3-2+. The van der Waals surface area contributed by atoms with Crippen LogP contribution >= 0.6 is 0 Å². The zero-order valence-electron chi connectivity index (χ0n) is 11.7. The Labute approximate surface area is 119 Å². The Morgan fingerprint density at radius 2 is 2.30 bits per heavy atom. The second-order valence-electron chi connectivity index (χ2n) is 4.79. The Morgan fingerprint density at radius 1 is 1.45 bits per heavy atom. The molecule has 1 saturated heterocycles. The van der Waals surface area contributed by atoms with E-state index in [2.05, 4.69) is 0 Å². The molecule has 1 aliphatic rings. The number of hydrogen-bond acceptors (Lipinski definition) is 3. The molecule has 106 valence electrons. The van der Waals surface area contributed by atoms with Crippen molar-refractivity contribution in [3.63, 3.8) is 0 Å². The van der Waals surface area contributed by atoms with Crippen molar-refractivity contribution >= 4 is 11.9 Å².